The Morgan fingerprint density at radius 1 is 0.758 bits per heavy atom. The zero-order valence-corrected chi connectivity index (χ0v) is 42.7. The molecule has 0 radical (unpaired) electrons. The third-order valence-corrected chi connectivity index (χ3v) is 22.0. The van der Waals surface area contributed by atoms with E-state index in [-0.39, 0.29) is 73.1 Å². The number of ether oxygens (including phenoxy) is 2. The molecule has 3 heterocycles. The van der Waals surface area contributed by atoms with Crippen LogP contribution in [0.25, 0.3) is 0 Å². The van der Waals surface area contributed by atoms with Crippen molar-refractivity contribution in [1.29, 1.82) is 0 Å². The Labute approximate surface area is 389 Å². The molecule has 0 atom stereocenters. The van der Waals surface area contributed by atoms with Crippen LogP contribution in [-0.2, 0) is 10.0 Å². The number of sulfonamides is 1. The van der Waals surface area contributed by atoms with Crippen molar-refractivity contribution in [1.82, 2.24) is 24.2 Å². The van der Waals surface area contributed by atoms with E-state index in [4.69, 9.17) is 41.4 Å². The molecule has 0 spiro atoms. The molecule has 24 heteroatoms. The zero-order valence-electron chi connectivity index (χ0n) is 39.2. The number of nitrogens with two attached hydrogens (primary N) is 2. The van der Waals surface area contributed by atoms with E-state index in [1.54, 1.807) is 0 Å². The molecule has 5 rings (SSSR count). The second-order valence-corrected chi connectivity index (χ2v) is 30.3. The van der Waals surface area contributed by atoms with Crippen LogP contribution in [-0.4, -0.2) is 100 Å². The molecule has 0 saturated carbocycles. The Balaban J connectivity index is 0.000000302. The third kappa shape index (κ3) is 11.9. The summed E-state index contributed by atoms with van der Waals surface area (Å²) in [6.45, 7) is 20.3. The fourth-order valence-electron chi connectivity index (χ4n) is 5.96. The zero-order chi connectivity index (χ0) is 50.1. The van der Waals surface area contributed by atoms with E-state index in [2.05, 4.69) is 25.3 Å². The number of nitrogen functional groups attached to an aromatic ring is 2. The van der Waals surface area contributed by atoms with Gasteiger partial charge in [-0.05, 0) is 60.7 Å². The van der Waals surface area contributed by atoms with Crippen molar-refractivity contribution in [2.24, 2.45) is 0 Å². The van der Waals surface area contributed by atoms with Gasteiger partial charge in [0.25, 0.3) is 16.6 Å². The van der Waals surface area contributed by atoms with Crippen molar-refractivity contribution < 1.29 is 53.9 Å². The summed E-state index contributed by atoms with van der Waals surface area (Å²) in [6, 6.07) is 1.66. The molecular weight excluding hydrogens is 944 g/mol. The highest BCUT2D eigenvalue weighted by molar-refractivity contribution is 7.88. The molecule has 1 aliphatic heterocycles. The van der Waals surface area contributed by atoms with Gasteiger partial charge in [-0.2, -0.15) is 4.98 Å². The summed E-state index contributed by atoms with van der Waals surface area (Å²) < 4.78 is 106. The number of benzene rings is 2. The Hall–Kier alpha value is -5.11. The molecule has 0 bridgehead atoms. The van der Waals surface area contributed by atoms with Gasteiger partial charge in [-0.3, -0.25) is 9.59 Å². The molecule has 66 heavy (non-hydrogen) atoms. The van der Waals surface area contributed by atoms with Gasteiger partial charge >= 0.3 is 0 Å². The van der Waals surface area contributed by atoms with Crippen molar-refractivity contribution in [3.05, 3.63) is 75.3 Å². The number of hydrogen-bond acceptors (Lipinski definition) is 15. The van der Waals surface area contributed by atoms with E-state index in [1.807, 2.05) is 67.7 Å². The first-order valence-electron chi connectivity index (χ1n) is 20.5. The van der Waals surface area contributed by atoms with Gasteiger partial charge in [-0.15, -0.1) is 0 Å². The number of nitrogens with zero attached hydrogens (tertiary/aromatic N) is 5. The smallest absolute Gasteiger partial charge is 0.250 e. The molecule has 0 amide bonds. The van der Waals surface area contributed by atoms with E-state index in [1.165, 1.54) is 24.8 Å². The Kier molecular flexibility index (Phi) is 16.2. The largest absolute Gasteiger partial charge is 0.541 e. The van der Waals surface area contributed by atoms with Gasteiger partial charge in [0.1, 0.15) is 22.8 Å². The summed E-state index contributed by atoms with van der Waals surface area (Å²) in [5.41, 5.74) is 9.97. The van der Waals surface area contributed by atoms with Crippen LogP contribution in [0.1, 0.15) is 86.2 Å². The number of nitrogens with one attached hydrogen (secondary N) is 1. The number of carbonyl (C=O) groups excluding carboxylic acids is 2. The fraction of sp³-hybridized carbons (Fsp3) is 0.476. The van der Waals surface area contributed by atoms with Crippen LogP contribution in [0.3, 0.4) is 0 Å². The van der Waals surface area contributed by atoms with Gasteiger partial charge < -0.3 is 35.1 Å². The third-order valence-electron chi connectivity index (χ3n) is 11.8. The molecule has 1 saturated heterocycles. The van der Waals surface area contributed by atoms with E-state index >= 15 is 4.39 Å². The minimum atomic E-state index is -3.26. The molecule has 362 valence electrons. The molecule has 4 aromatic rings. The SMILES string of the molecule is COc1c(O[Si](C)(C)C(C)(C)C)cc(F)c(F)c1C(=O)c1cnc(Cl)nc1N.COc1c(O[Si](C)(C)C(C)(C)C)cc(F)c(F)c1C(=O)c1cnc(NC2CCN(S(C)(=O)=O)CC2)nc1N. The second-order valence-electron chi connectivity index (χ2n) is 18.6. The number of carbonyl (C=O) groups is 2. The number of aromatic nitrogens is 4. The summed E-state index contributed by atoms with van der Waals surface area (Å²) in [5, 5.41) is 2.43. The van der Waals surface area contributed by atoms with Crippen LogP contribution in [0.4, 0.5) is 35.1 Å². The van der Waals surface area contributed by atoms with Crippen LogP contribution >= 0.6 is 11.6 Å². The van der Waals surface area contributed by atoms with Gasteiger partial charge in [-0.1, -0.05) is 41.5 Å². The molecule has 5 N–H and O–H groups in total. The highest BCUT2D eigenvalue weighted by Gasteiger charge is 2.42. The lowest BCUT2D eigenvalue weighted by Gasteiger charge is -2.37. The van der Waals surface area contributed by atoms with Gasteiger partial charge in [-0.25, -0.2) is 45.2 Å². The summed E-state index contributed by atoms with van der Waals surface area (Å²) in [5.74, 6) is -8.12. The highest BCUT2D eigenvalue weighted by atomic mass is 35.5. The van der Waals surface area contributed by atoms with Crippen LogP contribution in [0.15, 0.2) is 24.5 Å². The van der Waals surface area contributed by atoms with Crippen molar-refractivity contribution in [3.63, 3.8) is 0 Å². The van der Waals surface area contributed by atoms with Gasteiger partial charge in [0.2, 0.25) is 32.8 Å². The molecule has 1 aliphatic rings. The normalized spacial score (nSPS) is 14.2. The number of piperidine rings is 1. The number of rotatable bonds is 13. The maximum Gasteiger partial charge on any atom is 0.250 e. The molecule has 0 aliphatic carbocycles. The van der Waals surface area contributed by atoms with Crippen LogP contribution in [0.2, 0.25) is 41.5 Å². The lowest BCUT2D eigenvalue weighted by atomic mass is 10.0. The van der Waals surface area contributed by atoms with Gasteiger partial charge in [0.05, 0.1) is 31.6 Å². The van der Waals surface area contributed by atoms with Crippen LogP contribution in [0, 0.1) is 23.3 Å². The van der Waals surface area contributed by atoms with E-state index in [0.717, 1.165) is 24.5 Å². The summed E-state index contributed by atoms with van der Waals surface area (Å²) in [7, 11) is -5.72. The maximum atomic E-state index is 15.0. The fourth-order valence-corrected chi connectivity index (χ4v) is 8.99. The molecular formula is C42H57ClF4N8O8SSi2. The number of hydrogen-bond donors (Lipinski definition) is 3. The predicted octanol–water partition coefficient (Wildman–Crippen LogP) is 8.41. The predicted molar refractivity (Wildman–Crippen MR) is 249 cm³/mol. The van der Waals surface area contributed by atoms with Gasteiger partial charge in [0.15, 0.2) is 46.3 Å². The monoisotopic (exact) mass is 1000 g/mol. The van der Waals surface area contributed by atoms with Crippen molar-refractivity contribution in [2.75, 3.05) is 50.3 Å². The second kappa shape index (κ2) is 20.0. The van der Waals surface area contributed by atoms with Crippen LogP contribution < -0.4 is 35.1 Å². The van der Waals surface area contributed by atoms with E-state index in [9.17, 15) is 31.2 Å². The number of ketones is 2. The first kappa shape index (κ1) is 53.5. The Morgan fingerprint density at radius 2 is 1.15 bits per heavy atom. The van der Waals surface area contributed by atoms with Crippen LogP contribution in [0.5, 0.6) is 23.0 Å². The Bertz CT molecular complexity index is 2610. The lowest BCUT2D eigenvalue weighted by molar-refractivity contribution is 0.102. The standard InChI is InChI=1S/C24H35F2N5O5SSi.C18H22ClF2N3O3Si/c1-24(2,3)38(6,7)36-17-12-16(25)19(26)18(21(17)35-4)20(32)15-13-28-23(30-22(15)27)29-14-8-10-31(11-9-14)37(5,33)34;1-18(2,3)28(5,6)27-11-7-10(20)13(21)12(15(11)26-4)14(25)9-8-23-17(19)24-16(9)22/h12-14H,8-11H2,1-7H3,(H3,27,28,29,30);7-8H,1-6H3,(H2,22,23,24). The quantitative estimate of drug-likeness (QED) is 0.0495. The number of halogens is 5. The molecule has 2 aromatic carbocycles. The van der Waals surface area contributed by atoms with E-state index < -0.39 is 72.6 Å². The minimum absolute atomic E-state index is 0.0511. The first-order chi connectivity index (χ1) is 30.3. The highest BCUT2D eigenvalue weighted by Crippen LogP contribution is 2.45. The lowest BCUT2D eigenvalue weighted by Crippen LogP contribution is -2.44. The molecule has 1 fully saturated rings. The van der Waals surface area contributed by atoms with Crippen molar-refractivity contribution in [3.8, 4) is 23.0 Å². The minimum Gasteiger partial charge on any atom is -0.541 e. The Morgan fingerprint density at radius 3 is 1.50 bits per heavy atom. The molecule has 2 aromatic heterocycles. The topological polar surface area (TPSA) is 224 Å². The number of methoxy groups -OCH3 is 2. The van der Waals surface area contributed by atoms with Crippen molar-refractivity contribution in [2.45, 2.75) is 96.7 Å². The summed E-state index contributed by atoms with van der Waals surface area (Å²) in [6.07, 6.45) is 4.40. The molecule has 16 nitrogen and oxygen atoms in total. The molecule has 0 unspecified atom stereocenters. The van der Waals surface area contributed by atoms with E-state index in [0.29, 0.717) is 25.9 Å². The first-order valence-corrected chi connectivity index (χ1v) is 28.5. The summed E-state index contributed by atoms with van der Waals surface area (Å²) >= 11 is 5.64. The average Bonchev–Trinajstić information content (AvgIpc) is 3.19. The van der Waals surface area contributed by atoms with Gasteiger partial charge in [0, 0.05) is 43.7 Å². The van der Waals surface area contributed by atoms with Crippen molar-refractivity contribution >= 4 is 67.4 Å². The summed E-state index contributed by atoms with van der Waals surface area (Å²) in [4.78, 5) is 41.9. The number of anilines is 3. The average molecular weight is 1000 g/mol. The maximum absolute atomic E-state index is 15.0.